The van der Waals surface area contributed by atoms with Gasteiger partial charge in [-0.25, -0.2) is 0 Å². The Morgan fingerprint density at radius 1 is 1.23 bits per heavy atom. The Balaban J connectivity index is 1.33. The molecule has 0 radical (unpaired) electrons. The van der Waals surface area contributed by atoms with Crippen LogP contribution in [0.5, 0.6) is 0 Å². The molecule has 1 N–H and O–H groups in total. The lowest BCUT2D eigenvalue weighted by atomic mass is 10.3. The number of nitrogens with zero attached hydrogens (tertiary/aromatic N) is 5. The summed E-state index contributed by atoms with van der Waals surface area (Å²) in [7, 11) is 0. The topological polar surface area (TPSA) is 103 Å². The molecule has 0 bridgehead atoms. The fourth-order valence-corrected chi connectivity index (χ4v) is 2.03. The molecule has 3 aromatic rings. The lowest BCUT2D eigenvalue weighted by Gasteiger charge is -1.96. The predicted octanol–water partition coefficient (Wildman–Crippen LogP) is 2.05. The first kappa shape index (κ1) is 12.9. The first-order chi connectivity index (χ1) is 10.9. The quantitative estimate of drug-likeness (QED) is 0.737. The third kappa shape index (κ3) is 2.80. The van der Waals surface area contributed by atoms with Gasteiger partial charge in [0.25, 0.3) is 0 Å². The average molecular weight is 298 g/mol. The highest BCUT2D eigenvalue weighted by Crippen LogP contribution is 2.39. The minimum Gasteiger partial charge on any atom is -0.408 e. The van der Waals surface area contributed by atoms with Gasteiger partial charge in [0, 0.05) is 25.1 Å². The first-order valence-electron chi connectivity index (χ1n) is 7.20. The standard InChI is InChI=1S/C14H14N6O2/c1-2-7-15-10(3-1)12-17-11(22-20-12)6-8-16-14-19-18-13(21-14)9-4-5-9/h1-3,7,9H,4-6,8H2,(H,16,19). The summed E-state index contributed by atoms with van der Waals surface area (Å²) in [5, 5.41) is 14.9. The zero-order valence-corrected chi connectivity index (χ0v) is 11.8. The Morgan fingerprint density at radius 2 is 2.18 bits per heavy atom. The molecule has 0 atom stereocenters. The molecule has 8 heteroatoms. The maximum absolute atomic E-state index is 5.51. The largest absolute Gasteiger partial charge is 0.408 e. The Kier molecular flexibility index (Phi) is 3.26. The second-order valence-corrected chi connectivity index (χ2v) is 5.12. The van der Waals surface area contributed by atoms with Crippen LogP contribution in [0.2, 0.25) is 0 Å². The van der Waals surface area contributed by atoms with E-state index in [0.717, 1.165) is 18.7 Å². The lowest BCUT2D eigenvalue weighted by molar-refractivity contribution is 0.380. The maximum Gasteiger partial charge on any atom is 0.315 e. The van der Waals surface area contributed by atoms with Crippen molar-refractivity contribution in [3.63, 3.8) is 0 Å². The van der Waals surface area contributed by atoms with E-state index in [-0.39, 0.29) is 0 Å². The van der Waals surface area contributed by atoms with E-state index in [1.807, 2.05) is 18.2 Å². The molecule has 1 fully saturated rings. The van der Waals surface area contributed by atoms with Crippen LogP contribution >= 0.6 is 0 Å². The smallest absolute Gasteiger partial charge is 0.315 e. The van der Waals surface area contributed by atoms with Gasteiger partial charge in [-0.05, 0) is 25.0 Å². The fraction of sp³-hybridized carbons (Fsp3) is 0.357. The van der Waals surface area contributed by atoms with E-state index in [1.54, 1.807) is 6.20 Å². The van der Waals surface area contributed by atoms with Crippen molar-refractivity contribution in [1.82, 2.24) is 25.3 Å². The number of hydrogen-bond donors (Lipinski definition) is 1. The van der Waals surface area contributed by atoms with Gasteiger partial charge < -0.3 is 14.3 Å². The first-order valence-corrected chi connectivity index (χ1v) is 7.20. The van der Waals surface area contributed by atoms with Crippen molar-refractivity contribution in [2.45, 2.75) is 25.2 Å². The number of rotatable bonds is 6. The van der Waals surface area contributed by atoms with Gasteiger partial charge in [0.15, 0.2) is 0 Å². The van der Waals surface area contributed by atoms with E-state index in [9.17, 15) is 0 Å². The molecule has 1 aliphatic carbocycles. The zero-order valence-electron chi connectivity index (χ0n) is 11.8. The zero-order chi connectivity index (χ0) is 14.8. The molecule has 0 saturated heterocycles. The van der Waals surface area contributed by atoms with Crippen LogP contribution in [-0.2, 0) is 6.42 Å². The van der Waals surface area contributed by atoms with Gasteiger partial charge in [0.1, 0.15) is 5.69 Å². The Bertz CT molecular complexity index is 750. The third-order valence-corrected chi connectivity index (χ3v) is 3.34. The van der Waals surface area contributed by atoms with Gasteiger partial charge >= 0.3 is 6.01 Å². The average Bonchev–Trinajstić information content (AvgIpc) is 3.11. The van der Waals surface area contributed by atoms with Gasteiger partial charge in [-0.1, -0.05) is 16.3 Å². The Morgan fingerprint density at radius 3 is 3.00 bits per heavy atom. The van der Waals surface area contributed by atoms with Crippen LogP contribution in [0.15, 0.2) is 33.3 Å². The van der Waals surface area contributed by atoms with Crippen LogP contribution in [0.25, 0.3) is 11.5 Å². The number of aromatic nitrogens is 5. The van der Waals surface area contributed by atoms with E-state index in [0.29, 0.717) is 42.3 Å². The molecule has 0 amide bonds. The van der Waals surface area contributed by atoms with E-state index in [2.05, 4.69) is 30.6 Å². The van der Waals surface area contributed by atoms with Crippen molar-refractivity contribution in [2.24, 2.45) is 0 Å². The van der Waals surface area contributed by atoms with Crippen molar-refractivity contribution in [3.8, 4) is 11.5 Å². The van der Waals surface area contributed by atoms with Gasteiger partial charge in [-0.15, -0.1) is 5.10 Å². The molecule has 3 heterocycles. The molecule has 8 nitrogen and oxygen atoms in total. The van der Waals surface area contributed by atoms with Crippen molar-refractivity contribution >= 4 is 6.01 Å². The van der Waals surface area contributed by atoms with Crippen LogP contribution in [0.4, 0.5) is 6.01 Å². The summed E-state index contributed by atoms with van der Waals surface area (Å²) in [6.45, 7) is 0.580. The summed E-state index contributed by atoms with van der Waals surface area (Å²) < 4.78 is 10.7. The van der Waals surface area contributed by atoms with Crippen molar-refractivity contribution < 1.29 is 8.94 Å². The van der Waals surface area contributed by atoms with Crippen LogP contribution in [0.1, 0.15) is 30.5 Å². The minimum absolute atomic E-state index is 0.436. The van der Waals surface area contributed by atoms with Crippen LogP contribution < -0.4 is 5.32 Å². The number of anilines is 1. The molecule has 4 rings (SSSR count). The molecule has 0 unspecified atom stereocenters. The minimum atomic E-state index is 0.436. The summed E-state index contributed by atoms with van der Waals surface area (Å²) in [6.07, 6.45) is 4.54. The molecular weight excluding hydrogens is 284 g/mol. The second-order valence-electron chi connectivity index (χ2n) is 5.12. The monoisotopic (exact) mass is 298 g/mol. The molecule has 0 aliphatic heterocycles. The van der Waals surface area contributed by atoms with Crippen molar-refractivity contribution in [2.75, 3.05) is 11.9 Å². The SMILES string of the molecule is c1ccc(-c2noc(CCNc3nnc(C4CC4)o3)n2)nc1. The summed E-state index contributed by atoms with van der Waals surface area (Å²) in [5.41, 5.74) is 0.691. The fourth-order valence-electron chi connectivity index (χ4n) is 2.03. The predicted molar refractivity (Wildman–Crippen MR) is 76.0 cm³/mol. The molecule has 22 heavy (non-hydrogen) atoms. The molecule has 0 spiro atoms. The van der Waals surface area contributed by atoms with Crippen LogP contribution in [0.3, 0.4) is 0 Å². The summed E-state index contributed by atoms with van der Waals surface area (Å²) in [4.78, 5) is 8.49. The van der Waals surface area contributed by atoms with Gasteiger partial charge in [0.2, 0.25) is 17.6 Å². The third-order valence-electron chi connectivity index (χ3n) is 3.34. The maximum atomic E-state index is 5.51. The van der Waals surface area contributed by atoms with E-state index < -0.39 is 0 Å². The molecule has 1 aliphatic rings. The highest BCUT2D eigenvalue weighted by molar-refractivity contribution is 5.47. The van der Waals surface area contributed by atoms with Crippen molar-refractivity contribution in [1.29, 1.82) is 0 Å². The Labute approximate surface area is 126 Å². The van der Waals surface area contributed by atoms with E-state index in [1.165, 1.54) is 0 Å². The summed E-state index contributed by atoms with van der Waals surface area (Å²) >= 11 is 0. The van der Waals surface area contributed by atoms with E-state index >= 15 is 0 Å². The van der Waals surface area contributed by atoms with Gasteiger partial charge in [-0.3, -0.25) is 4.98 Å². The normalized spacial score (nSPS) is 14.2. The molecular formula is C14H14N6O2. The molecule has 112 valence electrons. The molecule has 1 saturated carbocycles. The lowest BCUT2D eigenvalue weighted by Crippen LogP contribution is -2.05. The summed E-state index contributed by atoms with van der Waals surface area (Å²) in [6, 6.07) is 6.00. The number of nitrogens with one attached hydrogen (secondary N) is 1. The van der Waals surface area contributed by atoms with Gasteiger partial charge in [-0.2, -0.15) is 4.98 Å². The van der Waals surface area contributed by atoms with Crippen LogP contribution in [0, 0.1) is 0 Å². The molecule has 3 aromatic heterocycles. The number of hydrogen-bond acceptors (Lipinski definition) is 8. The molecule has 0 aromatic carbocycles. The highest BCUT2D eigenvalue weighted by Gasteiger charge is 2.29. The van der Waals surface area contributed by atoms with Gasteiger partial charge in [0.05, 0.1) is 0 Å². The number of pyridine rings is 1. The highest BCUT2D eigenvalue weighted by atomic mass is 16.5. The summed E-state index contributed by atoms with van der Waals surface area (Å²) in [5.74, 6) is 2.21. The second kappa shape index (κ2) is 5.55. The Hall–Kier alpha value is -2.77. The van der Waals surface area contributed by atoms with Crippen molar-refractivity contribution in [3.05, 3.63) is 36.2 Å². The van der Waals surface area contributed by atoms with Crippen LogP contribution in [-0.4, -0.2) is 31.9 Å². The van der Waals surface area contributed by atoms with E-state index in [4.69, 9.17) is 8.94 Å².